The maximum Gasteiger partial charge on any atom is 0.253 e. The van der Waals surface area contributed by atoms with Crippen molar-refractivity contribution in [2.45, 2.75) is 19.4 Å². The van der Waals surface area contributed by atoms with E-state index in [4.69, 9.17) is 11.6 Å². The summed E-state index contributed by atoms with van der Waals surface area (Å²) in [5, 5.41) is 7.79. The summed E-state index contributed by atoms with van der Waals surface area (Å²) in [6.07, 6.45) is 1.83. The molecule has 4 nitrogen and oxygen atoms in total. The van der Waals surface area contributed by atoms with Gasteiger partial charge in [0, 0.05) is 10.8 Å². The molecule has 26 heavy (non-hydrogen) atoms. The SMILES string of the molecule is O=C(NCc1ccc(Cl)s1)c1cc2ccccc2cc1NC(=O)C1CC1. The van der Waals surface area contributed by atoms with E-state index in [2.05, 4.69) is 10.6 Å². The highest BCUT2D eigenvalue weighted by atomic mass is 35.5. The van der Waals surface area contributed by atoms with Crippen LogP contribution in [0.3, 0.4) is 0 Å². The van der Waals surface area contributed by atoms with Crippen LogP contribution in [-0.4, -0.2) is 11.8 Å². The number of rotatable bonds is 5. The lowest BCUT2D eigenvalue weighted by Gasteiger charge is -2.13. The molecular weight excluding hydrogens is 368 g/mol. The lowest BCUT2D eigenvalue weighted by atomic mass is 10.0. The number of benzene rings is 2. The third-order valence-electron chi connectivity index (χ3n) is 4.39. The van der Waals surface area contributed by atoms with Crippen LogP contribution in [0.2, 0.25) is 4.34 Å². The molecule has 1 saturated carbocycles. The molecule has 6 heteroatoms. The molecule has 0 aliphatic heterocycles. The predicted molar refractivity (Wildman–Crippen MR) is 106 cm³/mol. The maximum atomic E-state index is 12.8. The summed E-state index contributed by atoms with van der Waals surface area (Å²) in [4.78, 5) is 26.0. The normalized spacial score (nSPS) is 13.6. The summed E-state index contributed by atoms with van der Waals surface area (Å²) >= 11 is 7.37. The molecule has 0 radical (unpaired) electrons. The lowest BCUT2D eigenvalue weighted by Crippen LogP contribution is -2.25. The Hall–Kier alpha value is -2.37. The van der Waals surface area contributed by atoms with E-state index >= 15 is 0 Å². The highest BCUT2D eigenvalue weighted by Crippen LogP contribution is 2.32. The molecule has 0 unspecified atom stereocenters. The van der Waals surface area contributed by atoms with Crippen LogP contribution in [-0.2, 0) is 11.3 Å². The second-order valence-electron chi connectivity index (χ2n) is 6.40. The minimum absolute atomic E-state index is 0.0145. The standard InChI is InChI=1S/C20H17ClN2O2S/c21-18-8-7-15(26-18)11-22-20(25)16-9-13-3-1-2-4-14(13)10-17(16)23-19(24)12-5-6-12/h1-4,7-10,12H,5-6,11H2,(H,22,25)(H,23,24). The number of nitrogens with one attached hydrogen (secondary N) is 2. The average molecular weight is 385 g/mol. The molecule has 1 aromatic heterocycles. The van der Waals surface area contributed by atoms with Crippen molar-refractivity contribution in [3.8, 4) is 0 Å². The van der Waals surface area contributed by atoms with Gasteiger partial charge in [0.15, 0.2) is 0 Å². The third kappa shape index (κ3) is 3.74. The molecule has 1 heterocycles. The number of fused-ring (bicyclic) bond motifs is 1. The summed E-state index contributed by atoms with van der Waals surface area (Å²) < 4.78 is 0.692. The van der Waals surface area contributed by atoms with Gasteiger partial charge < -0.3 is 10.6 Å². The Labute approximate surface area is 160 Å². The molecule has 3 aromatic rings. The van der Waals surface area contributed by atoms with Crippen molar-refractivity contribution in [2.75, 3.05) is 5.32 Å². The lowest BCUT2D eigenvalue weighted by molar-refractivity contribution is -0.117. The van der Waals surface area contributed by atoms with E-state index in [0.717, 1.165) is 28.5 Å². The minimum atomic E-state index is -0.216. The van der Waals surface area contributed by atoms with Crippen molar-refractivity contribution >= 4 is 51.2 Å². The zero-order chi connectivity index (χ0) is 18.1. The summed E-state index contributed by atoms with van der Waals surface area (Å²) in [5.74, 6) is -0.156. The van der Waals surface area contributed by atoms with E-state index in [1.54, 1.807) is 0 Å². The molecular formula is C20H17ClN2O2S. The number of hydrogen-bond donors (Lipinski definition) is 2. The van der Waals surface area contributed by atoms with Gasteiger partial charge in [0.05, 0.1) is 22.1 Å². The van der Waals surface area contributed by atoms with Crippen LogP contribution in [0.4, 0.5) is 5.69 Å². The average Bonchev–Trinajstić information content (AvgIpc) is 3.41. The van der Waals surface area contributed by atoms with Crippen LogP contribution in [0.15, 0.2) is 48.5 Å². The molecule has 132 valence electrons. The Balaban J connectivity index is 1.61. The number of anilines is 1. The van der Waals surface area contributed by atoms with Gasteiger partial charge in [0.2, 0.25) is 5.91 Å². The van der Waals surface area contributed by atoms with E-state index in [9.17, 15) is 9.59 Å². The third-order valence-corrected chi connectivity index (χ3v) is 5.62. The molecule has 4 rings (SSSR count). The van der Waals surface area contributed by atoms with Gasteiger partial charge in [-0.05, 0) is 47.9 Å². The summed E-state index contributed by atoms with van der Waals surface area (Å²) in [5.41, 5.74) is 1.03. The number of amides is 2. The van der Waals surface area contributed by atoms with Crippen molar-refractivity contribution in [1.29, 1.82) is 0 Å². The van der Waals surface area contributed by atoms with E-state index in [1.807, 2.05) is 48.5 Å². The van der Waals surface area contributed by atoms with E-state index in [0.29, 0.717) is 22.1 Å². The van der Waals surface area contributed by atoms with Gasteiger partial charge >= 0.3 is 0 Å². The highest BCUT2D eigenvalue weighted by molar-refractivity contribution is 7.16. The quantitative estimate of drug-likeness (QED) is 0.661. The van der Waals surface area contributed by atoms with Crippen molar-refractivity contribution in [3.05, 3.63) is 63.3 Å². The van der Waals surface area contributed by atoms with Crippen LogP contribution in [0.5, 0.6) is 0 Å². The summed E-state index contributed by atoms with van der Waals surface area (Å²) in [6.45, 7) is 0.402. The Morgan fingerprint density at radius 3 is 2.46 bits per heavy atom. The van der Waals surface area contributed by atoms with Gasteiger partial charge in [-0.15, -0.1) is 11.3 Å². The fraction of sp³-hybridized carbons (Fsp3) is 0.200. The van der Waals surface area contributed by atoms with Gasteiger partial charge in [0.25, 0.3) is 5.91 Å². The fourth-order valence-electron chi connectivity index (χ4n) is 2.82. The first-order valence-corrected chi connectivity index (χ1v) is 9.65. The summed E-state index contributed by atoms with van der Waals surface area (Å²) in [7, 11) is 0. The number of halogens is 1. The van der Waals surface area contributed by atoms with E-state index < -0.39 is 0 Å². The Bertz CT molecular complexity index is 994. The highest BCUT2D eigenvalue weighted by Gasteiger charge is 2.30. The molecule has 0 bridgehead atoms. The van der Waals surface area contributed by atoms with Crippen molar-refractivity contribution in [1.82, 2.24) is 5.32 Å². The summed E-state index contributed by atoms with van der Waals surface area (Å²) in [6, 6.07) is 15.2. The largest absolute Gasteiger partial charge is 0.347 e. The van der Waals surface area contributed by atoms with E-state index in [-0.39, 0.29) is 17.7 Å². The maximum absolute atomic E-state index is 12.8. The number of carbonyl (C=O) groups excluding carboxylic acids is 2. The first-order valence-electron chi connectivity index (χ1n) is 8.46. The van der Waals surface area contributed by atoms with Gasteiger partial charge in [-0.1, -0.05) is 35.9 Å². The number of thiophene rings is 1. The number of hydrogen-bond acceptors (Lipinski definition) is 3. The van der Waals surface area contributed by atoms with Gasteiger partial charge in [0.1, 0.15) is 0 Å². The zero-order valence-corrected chi connectivity index (χ0v) is 15.5. The molecule has 2 aromatic carbocycles. The van der Waals surface area contributed by atoms with Crippen LogP contribution in [0.1, 0.15) is 28.1 Å². The molecule has 2 amide bonds. The molecule has 2 N–H and O–H groups in total. The Morgan fingerprint density at radius 1 is 1.08 bits per heavy atom. The van der Waals surface area contributed by atoms with Crippen LogP contribution in [0.25, 0.3) is 10.8 Å². The monoisotopic (exact) mass is 384 g/mol. The van der Waals surface area contributed by atoms with E-state index in [1.165, 1.54) is 11.3 Å². The molecule has 1 aliphatic carbocycles. The van der Waals surface area contributed by atoms with Crippen molar-refractivity contribution < 1.29 is 9.59 Å². The molecule has 1 fully saturated rings. The second-order valence-corrected chi connectivity index (χ2v) is 8.20. The Kier molecular flexibility index (Phi) is 4.66. The van der Waals surface area contributed by atoms with Crippen LogP contribution in [0, 0.1) is 5.92 Å². The second kappa shape index (κ2) is 7.09. The number of carbonyl (C=O) groups is 2. The molecule has 0 atom stereocenters. The molecule has 0 saturated heterocycles. The topological polar surface area (TPSA) is 58.2 Å². The first-order chi connectivity index (χ1) is 12.6. The van der Waals surface area contributed by atoms with Crippen molar-refractivity contribution in [2.24, 2.45) is 5.92 Å². The fourth-order valence-corrected chi connectivity index (χ4v) is 3.85. The minimum Gasteiger partial charge on any atom is -0.347 e. The van der Waals surface area contributed by atoms with Crippen LogP contribution < -0.4 is 10.6 Å². The molecule has 1 aliphatic rings. The van der Waals surface area contributed by atoms with Gasteiger partial charge in [-0.2, -0.15) is 0 Å². The van der Waals surface area contributed by atoms with Gasteiger partial charge in [-0.25, -0.2) is 0 Å². The zero-order valence-electron chi connectivity index (χ0n) is 13.9. The van der Waals surface area contributed by atoms with Crippen LogP contribution >= 0.6 is 22.9 Å². The predicted octanol–water partition coefficient (Wildman–Crippen LogP) is 4.83. The van der Waals surface area contributed by atoms with Gasteiger partial charge in [-0.3, -0.25) is 9.59 Å². The smallest absolute Gasteiger partial charge is 0.253 e. The Morgan fingerprint density at radius 2 is 1.81 bits per heavy atom. The van der Waals surface area contributed by atoms with Crippen molar-refractivity contribution in [3.63, 3.8) is 0 Å². The first kappa shape index (κ1) is 17.1. The molecule has 0 spiro atoms.